The van der Waals surface area contributed by atoms with Crippen molar-refractivity contribution < 1.29 is 23.8 Å². The number of hydrogen-bond donors (Lipinski definition) is 2. The number of nitrogens with one attached hydrogen (secondary N) is 1. The zero-order chi connectivity index (χ0) is 18.9. The Balaban J connectivity index is 1.68. The molecule has 1 atom stereocenters. The van der Waals surface area contributed by atoms with Crippen LogP contribution in [0, 0.1) is 5.82 Å². The van der Waals surface area contributed by atoms with Crippen molar-refractivity contribution in [2.45, 2.75) is 31.3 Å². The molecule has 9 heteroatoms. The second-order valence-corrected chi connectivity index (χ2v) is 12.9. The monoisotopic (exact) mass is 381 g/mol. The number of ether oxygens (including phenoxy) is 1. The van der Waals surface area contributed by atoms with Gasteiger partial charge in [0.15, 0.2) is 0 Å². The number of benzene rings is 1. The number of amides is 2. The minimum absolute atomic E-state index is 0.00555. The summed E-state index contributed by atoms with van der Waals surface area (Å²) in [7, 11) is -1.13. The molecule has 0 spiro atoms. The number of carbonyl (C=O) groups excluding carboxylic acids is 1. The van der Waals surface area contributed by atoms with Crippen molar-refractivity contribution in [3.05, 3.63) is 24.0 Å². The Kier molecular flexibility index (Phi) is 5.08. The van der Waals surface area contributed by atoms with E-state index in [0.717, 1.165) is 25.2 Å². The van der Waals surface area contributed by atoms with Gasteiger partial charge in [-0.05, 0) is 30.3 Å². The SMILES string of the molecule is C[Si]1(C)CCN(c2ccc(N3C[C@H](CNC(=O)O)OC3=O)cc2F)CC1. The summed E-state index contributed by atoms with van der Waals surface area (Å²) in [5.41, 5.74) is 0.982. The van der Waals surface area contributed by atoms with E-state index < -0.39 is 26.4 Å². The summed E-state index contributed by atoms with van der Waals surface area (Å²) >= 11 is 0. The molecule has 0 aliphatic carbocycles. The number of carbonyl (C=O) groups is 2. The van der Waals surface area contributed by atoms with Gasteiger partial charge in [-0.2, -0.15) is 0 Å². The highest BCUT2D eigenvalue weighted by Gasteiger charge is 2.33. The third-order valence-corrected chi connectivity index (χ3v) is 8.21. The summed E-state index contributed by atoms with van der Waals surface area (Å²) in [6.07, 6.45) is -2.36. The van der Waals surface area contributed by atoms with E-state index in [1.807, 2.05) is 0 Å². The van der Waals surface area contributed by atoms with Crippen molar-refractivity contribution in [2.24, 2.45) is 0 Å². The smallest absolute Gasteiger partial charge is 0.414 e. The molecule has 142 valence electrons. The van der Waals surface area contributed by atoms with E-state index in [-0.39, 0.29) is 18.9 Å². The first-order valence-electron chi connectivity index (χ1n) is 8.75. The maximum absolute atomic E-state index is 14.7. The van der Waals surface area contributed by atoms with E-state index >= 15 is 0 Å². The standard InChI is InChI=1S/C17H24FN3O4Si/c1-26(2)7-5-20(6-8-26)15-4-3-12(9-14(15)18)21-11-13(25-17(21)24)10-19-16(22)23/h3-4,9,13,19H,5-8,10-11H2,1-2H3,(H,22,23)/t13-/m0/s1. The van der Waals surface area contributed by atoms with Gasteiger partial charge in [0.1, 0.15) is 11.9 Å². The molecule has 0 saturated carbocycles. The second kappa shape index (κ2) is 7.14. The van der Waals surface area contributed by atoms with Crippen LogP contribution in [0.2, 0.25) is 25.2 Å². The third kappa shape index (κ3) is 4.09. The van der Waals surface area contributed by atoms with Gasteiger partial charge < -0.3 is 20.1 Å². The molecule has 2 saturated heterocycles. The van der Waals surface area contributed by atoms with Gasteiger partial charge in [0.05, 0.1) is 32.5 Å². The average Bonchev–Trinajstić information content (AvgIpc) is 2.94. The summed E-state index contributed by atoms with van der Waals surface area (Å²) in [6.45, 7) is 6.64. The molecule has 2 heterocycles. The normalized spacial score (nSPS) is 22.3. The molecule has 1 aromatic rings. The Morgan fingerprint density at radius 3 is 2.69 bits per heavy atom. The van der Waals surface area contributed by atoms with Gasteiger partial charge in [-0.25, -0.2) is 14.0 Å². The highest BCUT2D eigenvalue weighted by atomic mass is 28.3. The van der Waals surface area contributed by atoms with Gasteiger partial charge in [0.25, 0.3) is 0 Å². The quantitative estimate of drug-likeness (QED) is 0.784. The molecule has 26 heavy (non-hydrogen) atoms. The molecule has 1 aromatic carbocycles. The predicted octanol–water partition coefficient (Wildman–Crippen LogP) is 2.95. The fourth-order valence-electron chi connectivity index (χ4n) is 3.31. The first-order chi connectivity index (χ1) is 12.2. The molecule has 0 unspecified atom stereocenters. The van der Waals surface area contributed by atoms with Crippen molar-refractivity contribution in [1.82, 2.24) is 5.32 Å². The Morgan fingerprint density at radius 1 is 1.38 bits per heavy atom. The Morgan fingerprint density at radius 2 is 2.08 bits per heavy atom. The van der Waals surface area contributed by atoms with Crippen LogP contribution in [0.1, 0.15) is 0 Å². The van der Waals surface area contributed by atoms with Gasteiger partial charge in [-0.3, -0.25) is 4.90 Å². The zero-order valence-corrected chi connectivity index (χ0v) is 16.0. The van der Waals surface area contributed by atoms with Crippen molar-refractivity contribution in [1.29, 1.82) is 0 Å². The summed E-state index contributed by atoms with van der Waals surface area (Å²) in [5, 5.41) is 10.8. The van der Waals surface area contributed by atoms with Crippen LogP contribution < -0.4 is 15.1 Å². The number of nitrogens with zero attached hydrogens (tertiary/aromatic N) is 2. The number of hydrogen-bond acceptors (Lipinski definition) is 4. The maximum Gasteiger partial charge on any atom is 0.414 e. The highest BCUT2D eigenvalue weighted by Crippen LogP contribution is 2.31. The molecule has 0 radical (unpaired) electrons. The first kappa shape index (κ1) is 18.5. The molecular formula is C17H24FN3O4Si. The molecule has 0 aromatic heterocycles. The summed E-state index contributed by atoms with van der Waals surface area (Å²) in [5.74, 6) is -0.358. The molecular weight excluding hydrogens is 357 g/mol. The minimum Gasteiger partial charge on any atom is -0.465 e. The van der Waals surface area contributed by atoms with Gasteiger partial charge >= 0.3 is 12.2 Å². The van der Waals surface area contributed by atoms with E-state index in [1.165, 1.54) is 11.0 Å². The molecule has 2 aliphatic heterocycles. The molecule has 0 bridgehead atoms. The first-order valence-corrected chi connectivity index (χ1v) is 12.2. The number of anilines is 2. The minimum atomic E-state index is -1.18. The highest BCUT2D eigenvalue weighted by molar-refractivity contribution is 6.77. The molecule has 3 rings (SSSR count). The maximum atomic E-state index is 14.7. The van der Waals surface area contributed by atoms with Crippen LogP contribution in [-0.2, 0) is 4.74 Å². The van der Waals surface area contributed by atoms with E-state index in [0.29, 0.717) is 11.4 Å². The summed E-state index contributed by atoms with van der Waals surface area (Å²) in [4.78, 5) is 25.9. The van der Waals surface area contributed by atoms with Crippen LogP contribution in [0.4, 0.5) is 25.4 Å². The fraction of sp³-hybridized carbons (Fsp3) is 0.529. The number of rotatable bonds is 4. The van der Waals surface area contributed by atoms with E-state index in [4.69, 9.17) is 9.84 Å². The predicted molar refractivity (Wildman–Crippen MR) is 99.4 cm³/mol. The van der Waals surface area contributed by atoms with E-state index in [9.17, 15) is 14.0 Å². The number of carboxylic acid groups (broad SMARTS) is 1. The van der Waals surface area contributed by atoms with Crippen molar-refractivity contribution >= 4 is 31.6 Å². The molecule has 2 aliphatic rings. The lowest BCUT2D eigenvalue weighted by molar-refractivity contribution is 0.136. The van der Waals surface area contributed by atoms with Gasteiger partial charge in [0.2, 0.25) is 0 Å². The van der Waals surface area contributed by atoms with Crippen LogP contribution in [-0.4, -0.2) is 57.6 Å². The van der Waals surface area contributed by atoms with Crippen LogP contribution in [0.5, 0.6) is 0 Å². The largest absolute Gasteiger partial charge is 0.465 e. The van der Waals surface area contributed by atoms with Gasteiger partial charge in [-0.1, -0.05) is 13.1 Å². The molecule has 2 fully saturated rings. The van der Waals surface area contributed by atoms with Crippen LogP contribution in [0.3, 0.4) is 0 Å². The zero-order valence-electron chi connectivity index (χ0n) is 15.0. The van der Waals surface area contributed by atoms with Crippen LogP contribution >= 0.6 is 0 Å². The Hall–Kier alpha value is -2.29. The number of halogens is 1. The topological polar surface area (TPSA) is 82.1 Å². The van der Waals surface area contributed by atoms with Gasteiger partial charge in [0, 0.05) is 13.1 Å². The fourth-order valence-corrected chi connectivity index (χ4v) is 5.31. The third-order valence-electron chi connectivity index (χ3n) is 5.06. The lowest BCUT2D eigenvalue weighted by Gasteiger charge is -2.37. The van der Waals surface area contributed by atoms with Gasteiger partial charge in [-0.15, -0.1) is 0 Å². The lowest BCUT2D eigenvalue weighted by Crippen LogP contribution is -2.43. The second-order valence-electron chi connectivity index (χ2n) is 7.59. The Bertz CT molecular complexity index is 705. The van der Waals surface area contributed by atoms with Crippen molar-refractivity contribution in [2.75, 3.05) is 36.0 Å². The molecule has 7 nitrogen and oxygen atoms in total. The summed E-state index contributed by atoms with van der Waals surface area (Å²) < 4.78 is 19.8. The summed E-state index contributed by atoms with van der Waals surface area (Å²) in [6, 6.07) is 7.06. The molecule has 2 N–H and O–H groups in total. The lowest BCUT2D eigenvalue weighted by atomic mass is 10.2. The van der Waals surface area contributed by atoms with Crippen LogP contribution in [0.15, 0.2) is 18.2 Å². The van der Waals surface area contributed by atoms with Crippen molar-refractivity contribution in [3.8, 4) is 0 Å². The van der Waals surface area contributed by atoms with Crippen molar-refractivity contribution in [3.63, 3.8) is 0 Å². The van der Waals surface area contributed by atoms with Crippen LogP contribution in [0.25, 0.3) is 0 Å². The van der Waals surface area contributed by atoms with E-state index in [1.54, 1.807) is 12.1 Å². The van der Waals surface area contributed by atoms with E-state index in [2.05, 4.69) is 23.3 Å². The Labute approximate surface area is 152 Å². The average molecular weight is 381 g/mol. The molecule has 2 amide bonds. The number of cyclic esters (lactones) is 1.